The zero-order valence-corrected chi connectivity index (χ0v) is 8.75. The number of hydrogen-bond acceptors (Lipinski definition) is 3. The summed E-state index contributed by atoms with van der Waals surface area (Å²) in [5, 5.41) is 9.71. The highest BCUT2D eigenvalue weighted by atomic mass is 16.5. The lowest BCUT2D eigenvalue weighted by atomic mass is 10.2. The molecule has 16 heavy (non-hydrogen) atoms. The lowest BCUT2D eigenvalue weighted by Gasteiger charge is -2.10. The van der Waals surface area contributed by atoms with Gasteiger partial charge in [-0.1, -0.05) is 6.07 Å². The van der Waals surface area contributed by atoms with E-state index in [4.69, 9.17) is 9.84 Å². The van der Waals surface area contributed by atoms with Gasteiger partial charge in [-0.3, -0.25) is 4.98 Å². The van der Waals surface area contributed by atoms with Crippen molar-refractivity contribution in [1.29, 1.82) is 0 Å². The van der Waals surface area contributed by atoms with Gasteiger partial charge in [-0.2, -0.15) is 0 Å². The highest BCUT2D eigenvalue weighted by Crippen LogP contribution is 2.19. The first-order chi connectivity index (χ1) is 7.66. The number of rotatable bonds is 3. The van der Waals surface area contributed by atoms with Gasteiger partial charge in [0.05, 0.1) is 5.52 Å². The number of benzene rings is 1. The molecule has 0 amide bonds. The number of nitrogens with zero attached hydrogens (tertiary/aromatic N) is 1. The van der Waals surface area contributed by atoms with Crippen molar-refractivity contribution in [1.82, 2.24) is 4.98 Å². The van der Waals surface area contributed by atoms with Crippen LogP contribution in [0.5, 0.6) is 5.75 Å². The predicted octanol–water partition coefficient (Wildman–Crippen LogP) is 2.09. The molecule has 0 aliphatic heterocycles. The Morgan fingerprint density at radius 2 is 2.25 bits per heavy atom. The third-order valence-electron chi connectivity index (χ3n) is 2.24. The van der Waals surface area contributed by atoms with Crippen LogP contribution in [0.15, 0.2) is 36.5 Å². The number of aromatic nitrogens is 1. The number of carboxylic acids is 1. The summed E-state index contributed by atoms with van der Waals surface area (Å²) in [6.07, 6.45) is 0.827. The fraction of sp³-hybridized carbons (Fsp3) is 0.167. The minimum atomic E-state index is -0.985. The molecule has 4 nitrogen and oxygen atoms in total. The molecule has 82 valence electrons. The maximum absolute atomic E-state index is 10.6. The van der Waals surface area contributed by atoms with Gasteiger partial charge in [-0.05, 0) is 25.1 Å². The third kappa shape index (κ3) is 2.11. The Morgan fingerprint density at radius 3 is 3.00 bits per heavy atom. The van der Waals surface area contributed by atoms with Gasteiger partial charge in [0.25, 0.3) is 0 Å². The average molecular weight is 217 g/mol. The van der Waals surface area contributed by atoms with Gasteiger partial charge in [0, 0.05) is 17.6 Å². The standard InChI is InChI=1S/C12H11NO3/c1-8(12(14)15)16-10-5-4-9-3-2-6-13-11(9)7-10/h2-8H,1H3,(H,14,15)/t8-/m1/s1. The number of aliphatic carboxylic acids is 1. The Hall–Kier alpha value is -2.10. The van der Waals surface area contributed by atoms with Crippen molar-refractivity contribution in [3.05, 3.63) is 36.5 Å². The minimum absolute atomic E-state index is 0.515. The fourth-order valence-corrected chi connectivity index (χ4v) is 1.37. The van der Waals surface area contributed by atoms with E-state index in [0.717, 1.165) is 10.9 Å². The second-order valence-electron chi connectivity index (χ2n) is 3.46. The topological polar surface area (TPSA) is 59.4 Å². The monoisotopic (exact) mass is 217 g/mol. The highest BCUT2D eigenvalue weighted by Gasteiger charge is 2.12. The molecular weight excluding hydrogens is 206 g/mol. The lowest BCUT2D eigenvalue weighted by Crippen LogP contribution is -2.22. The molecule has 0 bridgehead atoms. The second-order valence-corrected chi connectivity index (χ2v) is 3.46. The van der Waals surface area contributed by atoms with Crippen LogP contribution in [-0.4, -0.2) is 22.2 Å². The largest absolute Gasteiger partial charge is 0.479 e. The Labute approximate surface area is 92.5 Å². The summed E-state index contributed by atoms with van der Waals surface area (Å²) in [6.45, 7) is 1.49. The number of fused-ring (bicyclic) bond motifs is 1. The van der Waals surface area contributed by atoms with Crippen molar-refractivity contribution >= 4 is 16.9 Å². The predicted molar refractivity (Wildman–Crippen MR) is 59.5 cm³/mol. The van der Waals surface area contributed by atoms with E-state index in [0.29, 0.717) is 5.75 Å². The number of hydrogen-bond donors (Lipinski definition) is 1. The van der Waals surface area contributed by atoms with Crippen LogP contribution in [0.3, 0.4) is 0 Å². The van der Waals surface area contributed by atoms with E-state index in [1.165, 1.54) is 6.92 Å². The molecule has 0 saturated carbocycles. The van der Waals surface area contributed by atoms with E-state index in [9.17, 15) is 4.79 Å². The molecule has 1 N–H and O–H groups in total. The van der Waals surface area contributed by atoms with Crippen molar-refractivity contribution in [2.75, 3.05) is 0 Å². The smallest absolute Gasteiger partial charge is 0.344 e. The van der Waals surface area contributed by atoms with Gasteiger partial charge in [0.2, 0.25) is 0 Å². The van der Waals surface area contributed by atoms with E-state index in [1.54, 1.807) is 18.3 Å². The molecule has 1 heterocycles. The van der Waals surface area contributed by atoms with Crippen LogP contribution in [0.1, 0.15) is 6.92 Å². The summed E-state index contributed by atoms with van der Waals surface area (Å²) in [7, 11) is 0. The molecule has 0 spiro atoms. The molecule has 1 aromatic heterocycles. The molecular formula is C12H11NO3. The normalized spacial score (nSPS) is 12.3. The first kappa shape index (κ1) is 10.4. The zero-order chi connectivity index (χ0) is 11.5. The van der Waals surface area contributed by atoms with E-state index in [1.807, 2.05) is 18.2 Å². The summed E-state index contributed by atoms with van der Waals surface area (Å²) in [6, 6.07) is 9.11. The molecule has 0 saturated heterocycles. The van der Waals surface area contributed by atoms with Gasteiger partial charge < -0.3 is 9.84 Å². The maximum atomic E-state index is 10.6. The average Bonchev–Trinajstić information content (AvgIpc) is 2.28. The minimum Gasteiger partial charge on any atom is -0.479 e. The van der Waals surface area contributed by atoms with E-state index < -0.39 is 12.1 Å². The number of pyridine rings is 1. The first-order valence-corrected chi connectivity index (χ1v) is 4.91. The van der Waals surface area contributed by atoms with Gasteiger partial charge >= 0.3 is 5.97 Å². The number of carboxylic acid groups (broad SMARTS) is 1. The third-order valence-corrected chi connectivity index (χ3v) is 2.24. The summed E-state index contributed by atoms with van der Waals surface area (Å²) < 4.78 is 5.24. The van der Waals surface area contributed by atoms with Crippen LogP contribution in [-0.2, 0) is 4.79 Å². The Kier molecular flexibility index (Phi) is 2.72. The van der Waals surface area contributed by atoms with E-state index in [-0.39, 0.29) is 0 Å². The van der Waals surface area contributed by atoms with E-state index in [2.05, 4.69) is 4.98 Å². The van der Waals surface area contributed by atoms with Crippen molar-refractivity contribution in [3.8, 4) is 5.75 Å². The fourth-order valence-electron chi connectivity index (χ4n) is 1.37. The summed E-state index contributed by atoms with van der Waals surface area (Å²) >= 11 is 0. The summed E-state index contributed by atoms with van der Waals surface area (Å²) in [5.74, 6) is -0.470. The van der Waals surface area contributed by atoms with Gasteiger partial charge in [-0.15, -0.1) is 0 Å². The zero-order valence-electron chi connectivity index (χ0n) is 8.75. The molecule has 0 unspecified atom stereocenters. The van der Waals surface area contributed by atoms with Crippen LogP contribution >= 0.6 is 0 Å². The Bertz CT molecular complexity index is 524. The molecule has 1 aromatic carbocycles. The first-order valence-electron chi connectivity index (χ1n) is 4.91. The quantitative estimate of drug-likeness (QED) is 0.855. The van der Waals surface area contributed by atoms with Gasteiger partial charge in [0.1, 0.15) is 5.75 Å². The lowest BCUT2D eigenvalue weighted by molar-refractivity contribution is -0.144. The highest BCUT2D eigenvalue weighted by molar-refractivity contribution is 5.80. The van der Waals surface area contributed by atoms with Crippen LogP contribution in [0.4, 0.5) is 0 Å². The molecule has 1 atom stereocenters. The van der Waals surface area contributed by atoms with Gasteiger partial charge in [-0.25, -0.2) is 4.79 Å². The molecule has 4 heteroatoms. The summed E-state index contributed by atoms with van der Waals surface area (Å²) in [5.41, 5.74) is 0.789. The maximum Gasteiger partial charge on any atom is 0.344 e. The SMILES string of the molecule is C[C@@H](Oc1ccc2cccnc2c1)C(=O)O. The molecule has 0 aliphatic carbocycles. The van der Waals surface area contributed by atoms with Gasteiger partial charge in [0.15, 0.2) is 6.10 Å². The second kappa shape index (κ2) is 4.18. The summed E-state index contributed by atoms with van der Waals surface area (Å²) in [4.78, 5) is 14.8. The molecule has 0 radical (unpaired) electrons. The van der Waals surface area contributed by atoms with Crippen LogP contribution in [0, 0.1) is 0 Å². The van der Waals surface area contributed by atoms with Crippen LogP contribution in [0.25, 0.3) is 10.9 Å². The molecule has 0 fully saturated rings. The van der Waals surface area contributed by atoms with Crippen LogP contribution < -0.4 is 4.74 Å². The van der Waals surface area contributed by atoms with Crippen molar-refractivity contribution in [2.45, 2.75) is 13.0 Å². The molecule has 2 aromatic rings. The van der Waals surface area contributed by atoms with Crippen molar-refractivity contribution in [3.63, 3.8) is 0 Å². The Balaban J connectivity index is 2.29. The van der Waals surface area contributed by atoms with Crippen LogP contribution in [0.2, 0.25) is 0 Å². The number of ether oxygens (including phenoxy) is 1. The molecule has 0 aliphatic rings. The molecule has 2 rings (SSSR count). The Morgan fingerprint density at radius 1 is 1.44 bits per heavy atom. The van der Waals surface area contributed by atoms with E-state index >= 15 is 0 Å². The number of carbonyl (C=O) groups is 1. The van der Waals surface area contributed by atoms with Crippen molar-refractivity contribution in [2.24, 2.45) is 0 Å². The van der Waals surface area contributed by atoms with Crippen molar-refractivity contribution < 1.29 is 14.6 Å².